The molecule has 0 saturated heterocycles. The van der Waals surface area contributed by atoms with Gasteiger partial charge in [-0.25, -0.2) is 5.43 Å². The van der Waals surface area contributed by atoms with E-state index in [9.17, 15) is 25.1 Å². The second-order valence-electron chi connectivity index (χ2n) is 5.31. The average molecular weight is 343 g/mol. The van der Waals surface area contributed by atoms with Crippen LogP contribution in [0.15, 0.2) is 41.5 Å². The number of rotatable bonds is 5. The van der Waals surface area contributed by atoms with Crippen molar-refractivity contribution in [3.8, 4) is 11.5 Å². The van der Waals surface area contributed by atoms with E-state index >= 15 is 0 Å². The summed E-state index contributed by atoms with van der Waals surface area (Å²) >= 11 is 0. The van der Waals surface area contributed by atoms with Crippen molar-refractivity contribution < 1.29 is 19.9 Å². The van der Waals surface area contributed by atoms with Crippen molar-refractivity contribution >= 4 is 17.3 Å². The zero-order chi connectivity index (χ0) is 18.6. The highest BCUT2D eigenvalue weighted by Gasteiger charge is 2.14. The molecule has 0 aromatic heterocycles. The molecule has 2 aromatic rings. The third-order valence-corrected chi connectivity index (χ3v) is 3.58. The molecule has 0 aliphatic rings. The summed E-state index contributed by atoms with van der Waals surface area (Å²) in [6.45, 7) is 3.34. The highest BCUT2D eigenvalue weighted by atomic mass is 16.6. The quantitative estimate of drug-likeness (QED) is 0.437. The summed E-state index contributed by atoms with van der Waals surface area (Å²) in [6.07, 6.45) is 0.428. The first-order chi connectivity index (χ1) is 11.8. The molecule has 2 aromatic carbocycles. The highest BCUT2D eigenvalue weighted by Crippen LogP contribution is 2.24. The van der Waals surface area contributed by atoms with Crippen molar-refractivity contribution in [2.45, 2.75) is 20.3 Å². The Morgan fingerprint density at radius 1 is 1.24 bits per heavy atom. The molecular weight excluding hydrogens is 326 g/mol. The number of phenols is 2. The van der Waals surface area contributed by atoms with Crippen LogP contribution in [0.25, 0.3) is 0 Å². The van der Waals surface area contributed by atoms with Gasteiger partial charge in [-0.05, 0) is 37.6 Å². The molecule has 0 atom stereocenters. The van der Waals surface area contributed by atoms with Gasteiger partial charge in [-0.1, -0.05) is 6.92 Å². The lowest BCUT2D eigenvalue weighted by Gasteiger charge is -2.08. The van der Waals surface area contributed by atoms with Crippen LogP contribution in [0.3, 0.4) is 0 Å². The fourth-order valence-corrected chi connectivity index (χ4v) is 2.28. The molecule has 0 aliphatic carbocycles. The predicted octanol–water partition coefficient (Wildman–Crippen LogP) is 2.86. The minimum atomic E-state index is -0.526. The van der Waals surface area contributed by atoms with Crippen LogP contribution in [-0.2, 0) is 0 Å². The smallest absolute Gasteiger partial charge is 0.272 e. The lowest BCUT2D eigenvalue weighted by Crippen LogP contribution is -2.20. The average Bonchev–Trinajstić information content (AvgIpc) is 2.56. The van der Waals surface area contributed by atoms with Crippen molar-refractivity contribution in [2.75, 3.05) is 0 Å². The van der Waals surface area contributed by atoms with Crippen LogP contribution in [0, 0.1) is 17.0 Å². The number of nitrogens with zero attached hydrogens (tertiary/aromatic N) is 2. The summed E-state index contributed by atoms with van der Waals surface area (Å²) in [7, 11) is 0. The van der Waals surface area contributed by atoms with Crippen LogP contribution >= 0.6 is 0 Å². The maximum Gasteiger partial charge on any atom is 0.272 e. The maximum atomic E-state index is 12.2. The Morgan fingerprint density at radius 2 is 1.96 bits per heavy atom. The molecule has 0 fully saturated rings. The number of aryl methyl sites for hydroxylation is 1. The predicted molar refractivity (Wildman–Crippen MR) is 91.9 cm³/mol. The molecule has 1 amide bonds. The number of benzene rings is 2. The Labute approximate surface area is 143 Å². The van der Waals surface area contributed by atoms with Crippen LogP contribution < -0.4 is 5.43 Å². The Kier molecular flexibility index (Phi) is 5.33. The van der Waals surface area contributed by atoms with Crippen LogP contribution in [0.5, 0.6) is 11.5 Å². The standard InChI is InChI=1S/C17H17N3O5/c1-3-14(13-6-5-12(21)9-16(13)22)18-19-17(23)11-4-7-15(20(24)25)10(2)8-11/h4-9,21-22H,3H2,1-2H3,(H,19,23). The summed E-state index contributed by atoms with van der Waals surface area (Å²) < 4.78 is 0. The van der Waals surface area contributed by atoms with Crippen LogP contribution in [0.2, 0.25) is 0 Å². The molecule has 0 spiro atoms. The summed E-state index contributed by atoms with van der Waals surface area (Å²) in [5.41, 5.74) is 3.72. The first-order valence-electron chi connectivity index (χ1n) is 7.47. The van der Waals surface area contributed by atoms with Crippen LogP contribution in [-0.4, -0.2) is 26.8 Å². The lowest BCUT2D eigenvalue weighted by atomic mass is 10.1. The largest absolute Gasteiger partial charge is 0.508 e. The summed E-state index contributed by atoms with van der Waals surface area (Å²) in [4.78, 5) is 22.5. The van der Waals surface area contributed by atoms with E-state index < -0.39 is 10.8 Å². The minimum Gasteiger partial charge on any atom is -0.508 e. The van der Waals surface area contributed by atoms with Gasteiger partial charge >= 0.3 is 0 Å². The van der Waals surface area contributed by atoms with Gasteiger partial charge in [0.25, 0.3) is 11.6 Å². The van der Waals surface area contributed by atoms with Crippen LogP contribution in [0.1, 0.15) is 34.8 Å². The van der Waals surface area contributed by atoms with Crippen LogP contribution in [0.4, 0.5) is 5.69 Å². The van der Waals surface area contributed by atoms with E-state index in [2.05, 4.69) is 10.5 Å². The van der Waals surface area contributed by atoms with E-state index in [1.165, 1.54) is 36.4 Å². The minimum absolute atomic E-state index is 0.0664. The maximum absolute atomic E-state index is 12.2. The van der Waals surface area contributed by atoms with Gasteiger partial charge in [0, 0.05) is 28.8 Å². The monoisotopic (exact) mass is 343 g/mol. The SMILES string of the molecule is CCC(=NNC(=O)c1ccc([N+](=O)[O-])c(C)c1)c1ccc(O)cc1O. The molecule has 8 nitrogen and oxygen atoms in total. The summed E-state index contributed by atoms with van der Waals surface area (Å²) in [5, 5.41) is 34.0. The van der Waals surface area contributed by atoms with Gasteiger partial charge in [0.15, 0.2) is 0 Å². The molecule has 3 N–H and O–H groups in total. The normalized spacial score (nSPS) is 11.2. The molecular formula is C17H17N3O5. The van der Waals surface area contributed by atoms with Gasteiger partial charge in [0.2, 0.25) is 0 Å². The number of nitro benzene ring substituents is 1. The second-order valence-corrected chi connectivity index (χ2v) is 5.31. The molecule has 2 rings (SSSR count). The Balaban J connectivity index is 2.22. The highest BCUT2D eigenvalue weighted by molar-refractivity contribution is 6.04. The van der Waals surface area contributed by atoms with Crippen molar-refractivity contribution in [1.29, 1.82) is 0 Å². The van der Waals surface area contributed by atoms with Gasteiger partial charge < -0.3 is 10.2 Å². The van der Waals surface area contributed by atoms with Crippen molar-refractivity contribution in [3.05, 3.63) is 63.2 Å². The number of nitrogens with one attached hydrogen (secondary N) is 1. The van der Waals surface area contributed by atoms with E-state index in [-0.39, 0.29) is 22.7 Å². The number of carbonyl (C=O) groups is 1. The van der Waals surface area contributed by atoms with Crippen molar-refractivity contribution in [3.63, 3.8) is 0 Å². The molecule has 0 heterocycles. The number of hydrogen-bond acceptors (Lipinski definition) is 6. The lowest BCUT2D eigenvalue weighted by molar-refractivity contribution is -0.385. The zero-order valence-corrected chi connectivity index (χ0v) is 13.7. The van der Waals surface area contributed by atoms with E-state index in [0.29, 0.717) is 23.3 Å². The molecule has 25 heavy (non-hydrogen) atoms. The van der Waals surface area contributed by atoms with E-state index in [1.807, 2.05) is 0 Å². The third kappa shape index (κ3) is 4.11. The number of hydrogen-bond donors (Lipinski definition) is 3. The van der Waals surface area contributed by atoms with E-state index in [1.54, 1.807) is 13.8 Å². The van der Waals surface area contributed by atoms with Gasteiger partial charge in [0.05, 0.1) is 10.6 Å². The number of phenolic OH excluding ortho intramolecular Hbond substituents is 2. The van der Waals surface area contributed by atoms with E-state index in [0.717, 1.165) is 0 Å². The third-order valence-electron chi connectivity index (χ3n) is 3.58. The Morgan fingerprint density at radius 3 is 2.52 bits per heavy atom. The van der Waals surface area contributed by atoms with Gasteiger partial charge in [-0.3, -0.25) is 14.9 Å². The number of nitro groups is 1. The Bertz CT molecular complexity index is 861. The van der Waals surface area contributed by atoms with Crippen molar-refractivity contribution in [1.82, 2.24) is 5.43 Å². The molecule has 0 unspecified atom stereocenters. The fraction of sp³-hybridized carbons (Fsp3) is 0.176. The fourth-order valence-electron chi connectivity index (χ4n) is 2.28. The van der Waals surface area contributed by atoms with Gasteiger partial charge in [-0.15, -0.1) is 0 Å². The number of hydrazone groups is 1. The number of amides is 1. The number of carbonyl (C=O) groups excluding carboxylic acids is 1. The van der Waals surface area contributed by atoms with Gasteiger partial charge in [0.1, 0.15) is 11.5 Å². The zero-order valence-electron chi connectivity index (χ0n) is 13.7. The molecule has 0 aliphatic heterocycles. The van der Waals surface area contributed by atoms with Gasteiger partial charge in [-0.2, -0.15) is 5.10 Å². The molecule has 0 radical (unpaired) electrons. The summed E-state index contributed by atoms with van der Waals surface area (Å²) in [6, 6.07) is 8.10. The van der Waals surface area contributed by atoms with E-state index in [4.69, 9.17) is 0 Å². The summed E-state index contributed by atoms with van der Waals surface area (Å²) in [5.74, 6) is -0.759. The first-order valence-corrected chi connectivity index (χ1v) is 7.47. The molecule has 8 heteroatoms. The molecule has 0 bridgehead atoms. The molecule has 0 saturated carbocycles. The first kappa shape index (κ1) is 17.9. The Hall–Kier alpha value is -3.42. The van der Waals surface area contributed by atoms with Crippen molar-refractivity contribution in [2.24, 2.45) is 5.10 Å². The number of aromatic hydroxyl groups is 2. The molecule has 130 valence electrons. The topological polar surface area (TPSA) is 125 Å². The second kappa shape index (κ2) is 7.43.